The summed E-state index contributed by atoms with van der Waals surface area (Å²) >= 11 is 0. The van der Waals surface area contributed by atoms with Gasteiger partial charge in [0, 0.05) is 19.1 Å². The summed E-state index contributed by atoms with van der Waals surface area (Å²) in [6, 6.07) is 0.0418. The van der Waals surface area contributed by atoms with Crippen molar-refractivity contribution in [3.05, 3.63) is 0 Å². The fraction of sp³-hybridized carbons (Fsp3) is 0.833. The molecule has 8 heteroatoms. The molecule has 0 aromatic rings. The van der Waals surface area contributed by atoms with Crippen LogP contribution in [0, 0.1) is 5.41 Å². The Kier molecular flexibility index (Phi) is 6.41. The number of nitrogens with one attached hydrogen (secondary N) is 3. The van der Waals surface area contributed by atoms with E-state index in [0.29, 0.717) is 26.1 Å². The molecule has 0 radical (unpaired) electrons. The summed E-state index contributed by atoms with van der Waals surface area (Å²) in [6.45, 7) is 1.78. The van der Waals surface area contributed by atoms with E-state index < -0.39 is 8.80 Å². The van der Waals surface area contributed by atoms with Gasteiger partial charge >= 0.3 is 8.80 Å². The zero-order chi connectivity index (χ0) is 11.0. The molecule has 84 valence electrons. The highest BCUT2D eigenvalue weighted by Crippen LogP contribution is 1.98. The topological polar surface area (TPSA) is 135 Å². The third kappa shape index (κ3) is 11.3. The molecule has 0 aromatic heterocycles. The second-order valence-electron chi connectivity index (χ2n) is 2.97. The van der Waals surface area contributed by atoms with Gasteiger partial charge in [0.25, 0.3) is 0 Å². The third-order valence-corrected chi connectivity index (χ3v) is 2.51. The molecular formula is C6H18N4O3Si. The van der Waals surface area contributed by atoms with Crippen LogP contribution in [0.5, 0.6) is 0 Å². The molecule has 0 amide bonds. The fourth-order valence-corrected chi connectivity index (χ4v) is 1.51. The van der Waals surface area contributed by atoms with Crippen LogP contribution in [-0.2, 0) is 0 Å². The van der Waals surface area contributed by atoms with Gasteiger partial charge in [0.2, 0.25) is 0 Å². The Bertz CT molecular complexity index is 173. The molecule has 0 fully saturated rings. The summed E-state index contributed by atoms with van der Waals surface area (Å²) < 4.78 is 0. The van der Waals surface area contributed by atoms with Crippen molar-refractivity contribution in [2.45, 2.75) is 12.5 Å². The van der Waals surface area contributed by atoms with Crippen LogP contribution in [0.4, 0.5) is 0 Å². The normalized spacial score (nSPS) is 11.4. The predicted molar refractivity (Wildman–Crippen MR) is 54.6 cm³/mol. The summed E-state index contributed by atoms with van der Waals surface area (Å²) in [5.74, 6) is -0.0701. The van der Waals surface area contributed by atoms with Gasteiger partial charge in [0.15, 0.2) is 5.96 Å². The van der Waals surface area contributed by atoms with Crippen LogP contribution in [0.25, 0.3) is 0 Å². The van der Waals surface area contributed by atoms with E-state index in [9.17, 15) is 0 Å². The van der Waals surface area contributed by atoms with E-state index >= 15 is 0 Å². The number of guanidine groups is 1. The highest BCUT2D eigenvalue weighted by molar-refractivity contribution is 6.56. The molecule has 0 saturated carbocycles. The standard InChI is InChI=1S/C6H18N4O3Si/c7-6(8)10-4-3-9-2-1-5-14(11,12)13/h9,11-13H,1-5H2,(H4,7,8,10). The first-order valence-electron chi connectivity index (χ1n) is 4.37. The first-order valence-corrected chi connectivity index (χ1v) is 6.42. The molecule has 7 nitrogen and oxygen atoms in total. The van der Waals surface area contributed by atoms with E-state index in [-0.39, 0.29) is 12.0 Å². The molecule has 8 N–H and O–H groups in total. The van der Waals surface area contributed by atoms with Gasteiger partial charge in [-0.2, -0.15) is 0 Å². The van der Waals surface area contributed by atoms with Crippen molar-refractivity contribution in [3.8, 4) is 0 Å². The van der Waals surface area contributed by atoms with Crippen LogP contribution in [0.3, 0.4) is 0 Å². The van der Waals surface area contributed by atoms with Gasteiger partial charge in [0.05, 0.1) is 0 Å². The van der Waals surface area contributed by atoms with Crippen LogP contribution in [-0.4, -0.2) is 48.8 Å². The van der Waals surface area contributed by atoms with Crippen molar-refractivity contribution in [2.24, 2.45) is 5.73 Å². The Labute approximate surface area is 83.8 Å². The van der Waals surface area contributed by atoms with Crippen LogP contribution in [0.2, 0.25) is 6.04 Å². The lowest BCUT2D eigenvalue weighted by atomic mass is 10.4. The maximum Gasteiger partial charge on any atom is 0.492 e. The molecule has 0 spiro atoms. The molecule has 0 aliphatic rings. The van der Waals surface area contributed by atoms with E-state index in [1.165, 1.54) is 0 Å². The number of hydrogen-bond acceptors (Lipinski definition) is 5. The van der Waals surface area contributed by atoms with E-state index in [2.05, 4.69) is 10.6 Å². The monoisotopic (exact) mass is 222 g/mol. The Morgan fingerprint density at radius 2 is 1.86 bits per heavy atom. The van der Waals surface area contributed by atoms with Crippen LogP contribution in [0.15, 0.2) is 0 Å². The second-order valence-corrected chi connectivity index (χ2v) is 5.02. The molecule has 0 aliphatic heterocycles. The molecule has 0 aromatic carbocycles. The maximum atomic E-state index is 8.66. The number of rotatable bonds is 7. The Morgan fingerprint density at radius 3 is 2.36 bits per heavy atom. The highest BCUT2D eigenvalue weighted by Gasteiger charge is 2.25. The van der Waals surface area contributed by atoms with Gasteiger partial charge < -0.3 is 30.8 Å². The summed E-state index contributed by atoms with van der Waals surface area (Å²) in [4.78, 5) is 26.0. The van der Waals surface area contributed by atoms with Gasteiger partial charge in [-0.25, -0.2) is 0 Å². The van der Waals surface area contributed by atoms with E-state index in [1.807, 2.05) is 0 Å². The Hall–Kier alpha value is -0.673. The van der Waals surface area contributed by atoms with Gasteiger partial charge in [-0.3, -0.25) is 5.41 Å². The minimum atomic E-state index is -3.85. The lowest BCUT2D eigenvalue weighted by molar-refractivity contribution is 0.226. The molecule has 0 heterocycles. The van der Waals surface area contributed by atoms with Crippen molar-refractivity contribution in [1.82, 2.24) is 10.6 Å². The van der Waals surface area contributed by atoms with Gasteiger partial charge in [-0.05, 0) is 13.0 Å². The summed E-state index contributed by atoms with van der Waals surface area (Å²) in [7, 11) is -3.85. The van der Waals surface area contributed by atoms with Gasteiger partial charge in [0.1, 0.15) is 0 Å². The molecule has 0 saturated heterocycles. The van der Waals surface area contributed by atoms with Crippen molar-refractivity contribution >= 4 is 14.8 Å². The average molecular weight is 222 g/mol. The molecule has 0 rings (SSSR count). The van der Waals surface area contributed by atoms with E-state index in [0.717, 1.165) is 0 Å². The van der Waals surface area contributed by atoms with Crippen molar-refractivity contribution in [3.63, 3.8) is 0 Å². The summed E-state index contributed by atoms with van der Waals surface area (Å²) in [6.07, 6.45) is 0.510. The SMILES string of the molecule is N=C(N)NCCNCCC[Si](O)(O)O. The summed E-state index contributed by atoms with van der Waals surface area (Å²) in [5, 5.41) is 12.4. The van der Waals surface area contributed by atoms with Crippen LogP contribution in [0.1, 0.15) is 6.42 Å². The van der Waals surface area contributed by atoms with E-state index in [4.69, 9.17) is 25.5 Å². The minimum Gasteiger partial charge on any atom is -0.390 e. The lowest BCUT2D eigenvalue weighted by Gasteiger charge is -2.09. The van der Waals surface area contributed by atoms with Crippen molar-refractivity contribution in [2.75, 3.05) is 19.6 Å². The molecule has 0 atom stereocenters. The van der Waals surface area contributed by atoms with E-state index in [1.54, 1.807) is 0 Å². The zero-order valence-electron chi connectivity index (χ0n) is 7.95. The Morgan fingerprint density at radius 1 is 1.21 bits per heavy atom. The summed E-state index contributed by atoms with van der Waals surface area (Å²) in [5.41, 5.74) is 5.04. The highest BCUT2D eigenvalue weighted by atomic mass is 28.4. The fourth-order valence-electron chi connectivity index (χ4n) is 0.861. The zero-order valence-corrected chi connectivity index (χ0v) is 8.95. The predicted octanol–water partition coefficient (Wildman–Crippen LogP) is -2.64. The van der Waals surface area contributed by atoms with Crippen molar-refractivity contribution in [1.29, 1.82) is 5.41 Å². The molecule has 14 heavy (non-hydrogen) atoms. The molecular weight excluding hydrogens is 204 g/mol. The smallest absolute Gasteiger partial charge is 0.390 e. The van der Waals surface area contributed by atoms with Crippen molar-refractivity contribution < 1.29 is 14.4 Å². The second kappa shape index (κ2) is 6.73. The molecule has 0 aliphatic carbocycles. The molecule has 0 unspecified atom stereocenters. The number of nitrogens with two attached hydrogens (primary N) is 1. The lowest BCUT2D eigenvalue weighted by Crippen LogP contribution is -2.37. The largest absolute Gasteiger partial charge is 0.492 e. The number of hydrogen-bond donors (Lipinski definition) is 7. The molecule has 0 bridgehead atoms. The minimum absolute atomic E-state index is 0.0418. The Balaban J connectivity index is 3.11. The van der Waals surface area contributed by atoms with Crippen LogP contribution >= 0.6 is 0 Å². The van der Waals surface area contributed by atoms with Gasteiger partial charge in [-0.1, -0.05) is 0 Å². The maximum absolute atomic E-state index is 8.66. The van der Waals surface area contributed by atoms with Gasteiger partial charge in [-0.15, -0.1) is 0 Å². The third-order valence-electron chi connectivity index (χ3n) is 1.48. The first kappa shape index (κ1) is 13.3. The quantitative estimate of drug-likeness (QED) is 0.109. The van der Waals surface area contributed by atoms with Crippen LogP contribution < -0.4 is 16.4 Å². The average Bonchev–Trinajstić information content (AvgIpc) is 2.00. The first-order chi connectivity index (χ1) is 6.42.